The van der Waals surface area contributed by atoms with E-state index >= 15 is 0 Å². The predicted molar refractivity (Wildman–Crippen MR) is 78.9 cm³/mol. The summed E-state index contributed by atoms with van der Waals surface area (Å²) in [6.07, 6.45) is 3.46. The van der Waals surface area contributed by atoms with Crippen molar-refractivity contribution >= 4 is 23.5 Å². The molecule has 3 rings (SSSR count). The minimum Gasteiger partial charge on any atom is -0.481 e. The van der Waals surface area contributed by atoms with Crippen LogP contribution in [0.5, 0.6) is 0 Å². The number of carboxylic acids is 1. The highest BCUT2D eigenvalue weighted by Gasteiger charge is 2.43. The first-order valence-electron chi connectivity index (χ1n) is 7.35. The third-order valence-corrected chi connectivity index (χ3v) is 4.80. The Kier molecular flexibility index (Phi) is 3.89. The lowest BCUT2D eigenvalue weighted by molar-refractivity contribution is -0.153. The highest BCUT2D eigenvalue weighted by atomic mass is 35.5. The fourth-order valence-corrected chi connectivity index (χ4v) is 3.07. The van der Waals surface area contributed by atoms with E-state index in [1.54, 1.807) is 0 Å². The Morgan fingerprint density at radius 2 is 1.71 bits per heavy atom. The van der Waals surface area contributed by atoms with Crippen molar-refractivity contribution in [2.24, 2.45) is 17.8 Å². The van der Waals surface area contributed by atoms with E-state index < -0.39 is 11.9 Å². The topological polar surface area (TPSA) is 66.4 Å². The maximum atomic E-state index is 12.3. The van der Waals surface area contributed by atoms with Crippen molar-refractivity contribution in [2.45, 2.75) is 31.7 Å². The number of carboxylic acid groups (broad SMARTS) is 1. The van der Waals surface area contributed by atoms with Crippen LogP contribution in [0.25, 0.3) is 0 Å². The van der Waals surface area contributed by atoms with Crippen molar-refractivity contribution in [2.75, 3.05) is 0 Å². The van der Waals surface area contributed by atoms with Gasteiger partial charge in [-0.15, -0.1) is 0 Å². The smallest absolute Gasteiger partial charge is 0.307 e. The van der Waals surface area contributed by atoms with Crippen molar-refractivity contribution in [3.8, 4) is 0 Å². The van der Waals surface area contributed by atoms with Crippen LogP contribution in [-0.2, 0) is 9.59 Å². The maximum Gasteiger partial charge on any atom is 0.307 e. The summed E-state index contributed by atoms with van der Waals surface area (Å²) < 4.78 is 0. The SMILES string of the molecule is O=C(O)C1CCC1C(=O)NC(c1ccc(Cl)cc1)C1CC1. The van der Waals surface area contributed by atoms with Crippen LogP contribution in [0.1, 0.15) is 37.3 Å². The van der Waals surface area contributed by atoms with Crippen LogP contribution in [0, 0.1) is 17.8 Å². The largest absolute Gasteiger partial charge is 0.481 e. The zero-order valence-corrected chi connectivity index (χ0v) is 12.3. The molecule has 2 fully saturated rings. The van der Waals surface area contributed by atoms with Crippen LogP contribution in [0.2, 0.25) is 5.02 Å². The first-order valence-corrected chi connectivity index (χ1v) is 7.72. The molecule has 1 aromatic rings. The Balaban J connectivity index is 1.69. The molecule has 0 radical (unpaired) electrons. The van der Waals surface area contributed by atoms with Crippen molar-refractivity contribution in [3.05, 3.63) is 34.9 Å². The zero-order chi connectivity index (χ0) is 15.0. The highest BCUT2D eigenvalue weighted by molar-refractivity contribution is 6.30. The molecule has 3 unspecified atom stereocenters. The third-order valence-electron chi connectivity index (χ3n) is 4.55. The number of halogens is 1. The van der Waals surface area contributed by atoms with Crippen LogP contribution < -0.4 is 5.32 Å². The van der Waals surface area contributed by atoms with Crippen LogP contribution >= 0.6 is 11.6 Å². The number of hydrogen-bond acceptors (Lipinski definition) is 2. The number of aliphatic carboxylic acids is 1. The molecule has 4 nitrogen and oxygen atoms in total. The number of benzene rings is 1. The Morgan fingerprint density at radius 1 is 1.10 bits per heavy atom. The van der Waals surface area contributed by atoms with E-state index in [9.17, 15) is 9.59 Å². The molecular formula is C16H18ClNO3. The summed E-state index contributed by atoms with van der Waals surface area (Å²) in [6, 6.07) is 7.48. The van der Waals surface area contributed by atoms with E-state index in [-0.39, 0.29) is 17.9 Å². The predicted octanol–water partition coefficient (Wildman–Crippen LogP) is 3.02. The van der Waals surface area contributed by atoms with Crippen LogP contribution in [0.15, 0.2) is 24.3 Å². The van der Waals surface area contributed by atoms with Crippen LogP contribution in [0.3, 0.4) is 0 Å². The molecule has 1 aromatic carbocycles. The lowest BCUT2D eigenvalue weighted by atomic mass is 9.73. The molecule has 0 spiro atoms. The van der Waals surface area contributed by atoms with Gasteiger partial charge in [0.25, 0.3) is 0 Å². The molecule has 5 heteroatoms. The Hall–Kier alpha value is -1.55. The second kappa shape index (κ2) is 5.68. The lowest BCUT2D eigenvalue weighted by Gasteiger charge is -2.33. The summed E-state index contributed by atoms with van der Waals surface area (Å²) in [4.78, 5) is 23.4. The van der Waals surface area contributed by atoms with Gasteiger partial charge in [0.05, 0.1) is 17.9 Å². The minimum atomic E-state index is -0.865. The summed E-state index contributed by atoms with van der Waals surface area (Å²) in [7, 11) is 0. The molecule has 0 heterocycles. The fourth-order valence-electron chi connectivity index (χ4n) is 2.94. The van der Waals surface area contributed by atoms with E-state index in [0.717, 1.165) is 18.4 Å². The zero-order valence-electron chi connectivity index (χ0n) is 11.6. The Labute approximate surface area is 128 Å². The number of amides is 1. The number of hydrogen-bond donors (Lipinski definition) is 2. The summed E-state index contributed by atoms with van der Waals surface area (Å²) >= 11 is 5.90. The standard InChI is InChI=1S/C16H18ClNO3/c17-11-5-3-10(4-6-11)14(9-1-2-9)18-15(19)12-7-8-13(12)16(20)21/h3-6,9,12-14H,1-2,7-8H2,(H,18,19)(H,20,21). The van der Waals surface area contributed by atoms with Crippen molar-refractivity contribution < 1.29 is 14.7 Å². The van der Waals surface area contributed by atoms with Crippen molar-refractivity contribution in [1.29, 1.82) is 0 Å². The normalized spacial score (nSPS) is 25.8. The monoisotopic (exact) mass is 307 g/mol. The average Bonchev–Trinajstić information content (AvgIpc) is 3.19. The van der Waals surface area contributed by atoms with Crippen LogP contribution in [-0.4, -0.2) is 17.0 Å². The molecule has 112 valence electrons. The molecule has 0 aromatic heterocycles. The second-order valence-electron chi connectivity index (χ2n) is 6.00. The van der Waals surface area contributed by atoms with E-state index in [4.69, 9.17) is 16.7 Å². The summed E-state index contributed by atoms with van der Waals surface area (Å²) in [5.74, 6) is -1.43. The number of nitrogens with one attached hydrogen (secondary N) is 1. The van der Waals surface area contributed by atoms with E-state index in [2.05, 4.69) is 5.32 Å². The molecule has 3 atom stereocenters. The van der Waals surface area contributed by atoms with Crippen LogP contribution in [0.4, 0.5) is 0 Å². The van der Waals surface area contributed by atoms with Gasteiger partial charge >= 0.3 is 5.97 Å². The fraction of sp³-hybridized carbons (Fsp3) is 0.500. The minimum absolute atomic E-state index is 0.0233. The number of carbonyl (C=O) groups excluding carboxylic acids is 1. The quantitative estimate of drug-likeness (QED) is 0.878. The molecule has 21 heavy (non-hydrogen) atoms. The van der Waals surface area contributed by atoms with Gasteiger partial charge in [-0.3, -0.25) is 9.59 Å². The number of rotatable bonds is 5. The first-order chi connectivity index (χ1) is 10.1. The second-order valence-corrected chi connectivity index (χ2v) is 6.44. The molecule has 2 N–H and O–H groups in total. The Bertz CT molecular complexity index is 553. The van der Waals surface area contributed by atoms with Gasteiger partial charge in [0.2, 0.25) is 5.91 Å². The molecule has 1 amide bonds. The molecule has 2 saturated carbocycles. The lowest BCUT2D eigenvalue weighted by Crippen LogP contribution is -2.45. The van der Waals surface area contributed by atoms with E-state index in [0.29, 0.717) is 23.8 Å². The maximum absolute atomic E-state index is 12.3. The van der Waals surface area contributed by atoms with Gasteiger partial charge in [-0.1, -0.05) is 23.7 Å². The summed E-state index contributed by atoms with van der Waals surface area (Å²) in [5, 5.41) is 12.8. The molecule has 0 bridgehead atoms. The van der Waals surface area contributed by atoms with Crippen molar-refractivity contribution in [1.82, 2.24) is 5.32 Å². The van der Waals surface area contributed by atoms with Gasteiger partial charge in [0.15, 0.2) is 0 Å². The molecular weight excluding hydrogens is 290 g/mol. The third kappa shape index (κ3) is 3.05. The van der Waals surface area contributed by atoms with Gasteiger partial charge in [0.1, 0.15) is 0 Å². The van der Waals surface area contributed by atoms with E-state index in [1.165, 1.54) is 0 Å². The summed E-state index contributed by atoms with van der Waals surface area (Å²) in [6.45, 7) is 0. The molecule has 2 aliphatic carbocycles. The summed E-state index contributed by atoms with van der Waals surface area (Å²) in [5.41, 5.74) is 1.04. The molecule has 2 aliphatic rings. The van der Waals surface area contributed by atoms with Crippen molar-refractivity contribution in [3.63, 3.8) is 0 Å². The molecule has 0 aliphatic heterocycles. The van der Waals surface area contributed by atoms with E-state index in [1.807, 2.05) is 24.3 Å². The van der Waals surface area contributed by atoms with Gasteiger partial charge in [0, 0.05) is 5.02 Å². The average molecular weight is 308 g/mol. The molecule has 0 saturated heterocycles. The highest BCUT2D eigenvalue weighted by Crippen LogP contribution is 2.42. The number of carbonyl (C=O) groups is 2. The van der Waals surface area contributed by atoms with Gasteiger partial charge in [-0.25, -0.2) is 0 Å². The van der Waals surface area contributed by atoms with Gasteiger partial charge in [-0.2, -0.15) is 0 Å². The first kappa shape index (κ1) is 14.4. The Morgan fingerprint density at radius 3 is 2.19 bits per heavy atom. The van der Waals surface area contributed by atoms with Gasteiger partial charge in [-0.05, 0) is 49.3 Å². The van der Waals surface area contributed by atoms with Gasteiger partial charge < -0.3 is 10.4 Å².